The molecule has 2 unspecified atom stereocenters. The second kappa shape index (κ2) is 14.3. The van der Waals surface area contributed by atoms with Crippen LogP contribution in [0.2, 0.25) is 0 Å². The number of hydrogen-bond acceptors (Lipinski definition) is 9. The fourth-order valence-electron chi connectivity index (χ4n) is 3.52. The molecule has 0 aliphatic carbocycles. The molecule has 2 N–H and O–H groups in total. The Morgan fingerprint density at radius 1 is 1.19 bits per heavy atom. The fourth-order valence-corrected chi connectivity index (χ4v) is 5.32. The van der Waals surface area contributed by atoms with Gasteiger partial charge in [-0.2, -0.15) is 0 Å². The van der Waals surface area contributed by atoms with Crippen molar-refractivity contribution in [2.24, 2.45) is 5.92 Å². The molecule has 2 amide bonds. The fraction of sp³-hybridized carbons (Fsp3) is 0.360. The lowest BCUT2D eigenvalue weighted by Crippen LogP contribution is -2.39. The molecule has 2 atom stereocenters. The Morgan fingerprint density at radius 3 is 2.68 bits per heavy atom. The van der Waals surface area contributed by atoms with Crippen LogP contribution >= 0.6 is 23.1 Å². The van der Waals surface area contributed by atoms with Crippen molar-refractivity contribution in [1.29, 1.82) is 0 Å². The van der Waals surface area contributed by atoms with E-state index >= 15 is 0 Å². The smallest absolute Gasteiger partial charge is 0.334 e. The summed E-state index contributed by atoms with van der Waals surface area (Å²) in [5, 5.41) is 13.0. The van der Waals surface area contributed by atoms with Crippen LogP contribution in [0.5, 0.6) is 0 Å². The van der Waals surface area contributed by atoms with Crippen LogP contribution in [-0.2, 0) is 36.9 Å². The molecule has 0 saturated carbocycles. The highest BCUT2D eigenvalue weighted by Crippen LogP contribution is 2.27. The predicted molar refractivity (Wildman–Crippen MR) is 142 cm³/mol. The van der Waals surface area contributed by atoms with Crippen molar-refractivity contribution in [1.82, 2.24) is 20.3 Å². The van der Waals surface area contributed by atoms with E-state index in [2.05, 4.69) is 20.9 Å². The van der Waals surface area contributed by atoms with Gasteiger partial charge in [0.05, 0.1) is 19.3 Å². The summed E-state index contributed by atoms with van der Waals surface area (Å²) in [5.74, 6) is -0.678. The molecule has 0 aliphatic rings. The number of nitrogens with one attached hydrogen (secondary N) is 2. The van der Waals surface area contributed by atoms with E-state index in [-0.39, 0.29) is 17.6 Å². The van der Waals surface area contributed by atoms with Crippen molar-refractivity contribution >= 4 is 52.3 Å². The zero-order valence-corrected chi connectivity index (χ0v) is 22.2. The van der Waals surface area contributed by atoms with Gasteiger partial charge < -0.3 is 15.4 Å². The third-order valence-corrected chi connectivity index (χ3v) is 7.43. The molecule has 0 saturated heterocycles. The zero-order chi connectivity index (χ0) is 26.6. The van der Waals surface area contributed by atoms with Crippen molar-refractivity contribution in [2.75, 3.05) is 17.7 Å². The van der Waals surface area contributed by atoms with Crippen LogP contribution in [0.25, 0.3) is 0 Å². The van der Waals surface area contributed by atoms with Crippen molar-refractivity contribution in [3.05, 3.63) is 64.0 Å². The highest BCUT2D eigenvalue weighted by Gasteiger charge is 2.29. The van der Waals surface area contributed by atoms with Gasteiger partial charge in [0.2, 0.25) is 12.3 Å². The SMILES string of the molecule is CCOC(=O)C(NC(=O)C(CCc1ccccc1)CSC(C)=O)c1ccc(Cn2cc(NC=O)nn2)s1. The van der Waals surface area contributed by atoms with Crippen LogP contribution in [0.1, 0.15) is 41.6 Å². The number of hydrogen-bond donors (Lipinski definition) is 2. The number of carbonyl (C=O) groups is 4. The number of anilines is 1. The highest BCUT2D eigenvalue weighted by atomic mass is 32.2. The van der Waals surface area contributed by atoms with E-state index in [0.29, 0.717) is 42.2 Å². The van der Waals surface area contributed by atoms with E-state index in [0.717, 1.165) is 22.2 Å². The van der Waals surface area contributed by atoms with Gasteiger partial charge in [0.1, 0.15) is 0 Å². The molecule has 0 spiro atoms. The Kier molecular flexibility index (Phi) is 10.8. The number of esters is 1. The summed E-state index contributed by atoms with van der Waals surface area (Å²) in [5.41, 5.74) is 1.09. The monoisotopic (exact) mass is 543 g/mol. The summed E-state index contributed by atoms with van der Waals surface area (Å²) < 4.78 is 6.80. The van der Waals surface area contributed by atoms with Gasteiger partial charge in [-0.05, 0) is 37.5 Å². The first-order chi connectivity index (χ1) is 17.9. The van der Waals surface area contributed by atoms with Gasteiger partial charge in [0, 0.05) is 28.3 Å². The molecule has 37 heavy (non-hydrogen) atoms. The van der Waals surface area contributed by atoms with Crippen LogP contribution in [0.3, 0.4) is 0 Å². The first-order valence-corrected chi connectivity index (χ1v) is 13.5. The average Bonchev–Trinajstić information content (AvgIpc) is 3.53. The number of thiophene rings is 1. The second-order valence-corrected chi connectivity index (χ2v) is 10.5. The van der Waals surface area contributed by atoms with E-state index in [1.165, 1.54) is 18.3 Å². The van der Waals surface area contributed by atoms with Crippen molar-refractivity contribution in [3.63, 3.8) is 0 Å². The number of carbonyl (C=O) groups excluding carboxylic acids is 4. The largest absolute Gasteiger partial charge is 0.464 e. The molecule has 10 nitrogen and oxygen atoms in total. The number of thioether (sulfide) groups is 1. The Bertz CT molecular complexity index is 1200. The predicted octanol–water partition coefficient (Wildman–Crippen LogP) is 3.21. The van der Waals surface area contributed by atoms with Crippen molar-refractivity contribution in [3.8, 4) is 0 Å². The second-order valence-electron chi connectivity index (χ2n) is 8.09. The lowest BCUT2D eigenvalue weighted by molar-refractivity contribution is -0.148. The van der Waals surface area contributed by atoms with E-state index in [4.69, 9.17) is 4.74 Å². The van der Waals surface area contributed by atoms with Gasteiger partial charge in [-0.1, -0.05) is 47.3 Å². The van der Waals surface area contributed by atoms with Crippen LogP contribution in [0.15, 0.2) is 48.7 Å². The first-order valence-electron chi connectivity index (χ1n) is 11.7. The molecular weight excluding hydrogens is 514 g/mol. The van der Waals surface area contributed by atoms with Gasteiger partial charge >= 0.3 is 5.97 Å². The Morgan fingerprint density at radius 2 is 1.97 bits per heavy atom. The van der Waals surface area contributed by atoms with Crippen LogP contribution < -0.4 is 10.6 Å². The maximum Gasteiger partial charge on any atom is 0.334 e. The van der Waals surface area contributed by atoms with E-state index in [1.54, 1.807) is 23.9 Å². The normalized spacial score (nSPS) is 12.4. The number of nitrogens with zero attached hydrogens (tertiary/aromatic N) is 3. The summed E-state index contributed by atoms with van der Waals surface area (Å²) in [6.07, 6.45) is 3.31. The van der Waals surface area contributed by atoms with Gasteiger partial charge in [0.15, 0.2) is 17.0 Å². The zero-order valence-electron chi connectivity index (χ0n) is 20.6. The van der Waals surface area contributed by atoms with Crippen LogP contribution in [-0.4, -0.2) is 50.8 Å². The average molecular weight is 544 g/mol. The molecule has 2 heterocycles. The third-order valence-electron chi connectivity index (χ3n) is 5.32. The maximum absolute atomic E-state index is 13.3. The minimum absolute atomic E-state index is 0.0676. The number of ether oxygens (including phenoxy) is 1. The lowest BCUT2D eigenvalue weighted by atomic mass is 9.99. The molecule has 196 valence electrons. The third kappa shape index (κ3) is 8.83. The summed E-state index contributed by atoms with van der Waals surface area (Å²) >= 11 is 2.44. The number of aromatic nitrogens is 3. The minimum Gasteiger partial charge on any atom is -0.464 e. The summed E-state index contributed by atoms with van der Waals surface area (Å²) in [6.45, 7) is 3.72. The molecule has 0 radical (unpaired) electrons. The summed E-state index contributed by atoms with van der Waals surface area (Å²) in [4.78, 5) is 49.8. The molecule has 0 aliphatic heterocycles. The molecule has 2 aromatic heterocycles. The minimum atomic E-state index is -0.976. The van der Waals surface area contributed by atoms with Crippen molar-refractivity contribution in [2.45, 2.75) is 39.3 Å². The number of aryl methyl sites for hydroxylation is 1. The standard InChI is InChI=1S/C25H29N5O5S2/c1-3-35-25(34)23(21-12-11-20(37-21)13-30-14-22(26-16-31)28-29-30)27-24(33)19(15-36-17(2)32)10-9-18-7-5-4-6-8-18/h4-8,11-12,14,16,19,23H,3,9-10,13,15H2,1-2H3,(H,26,31)(H,27,33). The Hall–Kier alpha value is -3.51. The van der Waals surface area contributed by atoms with Crippen LogP contribution in [0, 0.1) is 5.92 Å². The quantitative estimate of drug-likeness (QED) is 0.234. The van der Waals surface area contributed by atoms with Crippen molar-refractivity contribution < 1.29 is 23.9 Å². The van der Waals surface area contributed by atoms with Gasteiger partial charge in [0.25, 0.3) is 0 Å². The number of benzene rings is 1. The van der Waals surface area contributed by atoms with E-state index in [9.17, 15) is 19.2 Å². The van der Waals surface area contributed by atoms with Gasteiger partial charge in [-0.3, -0.25) is 14.4 Å². The van der Waals surface area contributed by atoms with Gasteiger partial charge in [-0.15, -0.1) is 16.4 Å². The molecule has 12 heteroatoms. The molecule has 3 rings (SSSR count). The molecule has 0 bridgehead atoms. The van der Waals surface area contributed by atoms with E-state index < -0.39 is 17.9 Å². The first kappa shape index (κ1) is 28.1. The molecule has 0 fully saturated rings. The van der Waals surface area contributed by atoms with Crippen LogP contribution in [0.4, 0.5) is 5.82 Å². The lowest BCUT2D eigenvalue weighted by Gasteiger charge is -2.21. The summed E-state index contributed by atoms with van der Waals surface area (Å²) in [6, 6.07) is 12.4. The Balaban J connectivity index is 1.74. The number of amides is 2. The van der Waals surface area contributed by atoms with Gasteiger partial charge in [-0.25, -0.2) is 9.48 Å². The van der Waals surface area contributed by atoms with E-state index in [1.807, 2.05) is 36.4 Å². The summed E-state index contributed by atoms with van der Waals surface area (Å²) in [7, 11) is 0. The maximum atomic E-state index is 13.3. The molecule has 1 aromatic carbocycles. The molecule has 3 aromatic rings. The topological polar surface area (TPSA) is 132 Å². The highest BCUT2D eigenvalue weighted by molar-refractivity contribution is 8.13. The Labute approximate surface area is 223 Å². The molecular formula is C25H29N5O5S2. The number of rotatable bonds is 14.